The van der Waals surface area contributed by atoms with Crippen LogP contribution in [0, 0.1) is 0 Å². The number of amides is 1. The maximum absolute atomic E-state index is 13.7. The van der Waals surface area contributed by atoms with Gasteiger partial charge < -0.3 is 9.15 Å². The second-order valence-corrected chi connectivity index (χ2v) is 9.29. The highest BCUT2D eigenvalue weighted by molar-refractivity contribution is 7.93. The summed E-state index contributed by atoms with van der Waals surface area (Å²) < 4.78 is 39.9. The molecule has 8 nitrogen and oxygen atoms in total. The third-order valence-corrected chi connectivity index (χ3v) is 6.92. The second kappa shape index (κ2) is 8.76. The number of halogens is 1. The molecule has 0 spiro atoms. The maximum atomic E-state index is 13.7. The Morgan fingerprint density at radius 1 is 1.06 bits per heavy atom. The van der Waals surface area contributed by atoms with Gasteiger partial charge in [0.15, 0.2) is 5.58 Å². The van der Waals surface area contributed by atoms with Crippen LogP contribution in [-0.2, 0) is 17.1 Å². The van der Waals surface area contributed by atoms with Gasteiger partial charge in [-0.25, -0.2) is 13.2 Å². The number of nitrogens with zero attached hydrogens (tertiary/aromatic N) is 2. The molecule has 0 radical (unpaired) electrons. The van der Waals surface area contributed by atoms with Crippen molar-refractivity contribution in [2.45, 2.75) is 11.8 Å². The Morgan fingerprint density at radius 2 is 1.73 bits per heavy atom. The normalized spacial score (nSPS) is 11.5. The molecule has 0 atom stereocenters. The van der Waals surface area contributed by atoms with Gasteiger partial charge in [0, 0.05) is 23.7 Å². The Hall–Kier alpha value is -3.56. The van der Waals surface area contributed by atoms with Crippen LogP contribution in [-0.4, -0.2) is 25.5 Å². The minimum absolute atomic E-state index is 0.0918. The molecule has 10 heteroatoms. The Bertz CT molecular complexity index is 1490. The molecule has 1 aromatic heterocycles. The lowest BCUT2D eigenvalue weighted by Crippen LogP contribution is -2.37. The van der Waals surface area contributed by atoms with Crippen LogP contribution in [0.2, 0.25) is 5.02 Å². The van der Waals surface area contributed by atoms with E-state index in [1.165, 1.54) is 66.2 Å². The van der Waals surface area contributed by atoms with E-state index < -0.39 is 21.7 Å². The highest BCUT2D eigenvalue weighted by Gasteiger charge is 2.32. The third kappa shape index (κ3) is 4.24. The van der Waals surface area contributed by atoms with Crippen LogP contribution in [0.25, 0.3) is 11.1 Å². The number of aryl methyl sites for hydroxylation is 1. The standard InChI is InChI=1S/C23H19ClN2O6S/c1-3-31-18-10-8-17(9-11-18)26(22(27)15-4-6-16(24)7-5-15)33(29,30)19-12-13-20-21(14-19)32-23(28)25(20)2/h4-14H,3H2,1-2H3. The average molecular weight is 487 g/mol. The SMILES string of the molecule is CCOc1ccc(N(C(=O)c2ccc(Cl)cc2)S(=O)(=O)c2ccc3c(c2)oc(=O)n3C)cc1. The number of sulfonamides is 1. The molecule has 4 aromatic rings. The summed E-state index contributed by atoms with van der Waals surface area (Å²) in [6.07, 6.45) is 0. The van der Waals surface area contributed by atoms with Crippen molar-refractivity contribution >= 4 is 44.3 Å². The highest BCUT2D eigenvalue weighted by atomic mass is 35.5. The predicted molar refractivity (Wildman–Crippen MR) is 125 cm³/mol. The van der Waals surface area contributed by atoms with E-state index in [1.807, 2.05) is 6.92 Å². The molecule has 0 bridgehead atoms. The quantitative estimate of drug-likeness (QED) is 0.404. The van der Waals surface area contributed by atoms with E-state index in [2.05, 4.69) is 0 Å². The molecule has 0 aliphatic rings. The first kappa shape index (κ1) is 22.6. The Morgan fingerprint density at radius 3 is 2.36 bits per heavy atom. The van der Waals surface area contributed by atoms with E-state index >= 15 is 0 Å². The summed E-state index contributed by atoms with van der Waals surface area (Å²) in [7, 11) is -2.88. The number of oxazole rings is 1. The summed E-state index contributed by atoms with van der Waals surface area (Å²) in [6, 6.07) is 16.0. The van der Waals surface area contributed by atoms with Gasteiger partial charge in [-0.2, -0.15) is 4.31 Å². The van der Waals surface area contributed by atoms with Crippen molar-refractivity contribution in [2.24, 2.45) is 7.05 Å². The van der Waals surface area contributed by atoms with Gasteiger partial charge in [-0.1, -0.05) is 11.6 Å². The van der Waals surface area contributed by atoms with Gasteiger partial charge in [-0.05, 0) is 67.6 Å². The van der Waals surface area contributed by atoms with Gasteiger partial charge in [-0.15, -0.1) is 0 Å². The second-order valence-electron chi connectivity index (χ2n) is 7.06. The number of benzene rings is 3. The fourth-order valence-corrected chi connectivity index (χ4v) is 4.86. The molecule has 1 heterocycles. The first-order chi connectivity index (χ1) is 15.7. The fourth-order valence-electron chi connectivity index (χ4n) is 3.30. The van der Waals surface area contributed by atoms with Crippen LogP contribution < -0.4 is 14.8 Å². The van der Waals surface area contributed by atoms with Gasteiger partial charge >= 0.3 is 5.76 Å². The molecular formula is C23H19ClN2O6S. The fraction of sp³-hybridized carbons (Fsp3) is 0.130. The van der Waals surface area contributed by atoms with Crippen molar-refractivity contribution in [3.63, 3.8) is 0 Å². The number of rotatable bonds is 6. The maximum Gasteiger partial charge on any atom is 0.419 e. The third-order valence-electron chi connectivity index (χ3n) is 4.96. The van der Waals surface area contributed by atoms with Crippen LogP contribution in [0.1, 0.15) is 17.3 Å². The van der Waals surface area contributed by atoms with E-state index in [4.69, 9.17) is 20.8 Å². The number of ether oxygens (including phenoxy) is 1. The van der Waals surface area contributed by atoms with E-state index in [0.29, 0.717) is 27.2 Å². The van der Waals surface area contributed by atoms with Gasteiger partial charge in [0.2, 0.25) is 0 Å². The van der Waals surface area contributed by atoms with Crippen molar-refractivity contribution in [1.82, 2.24) is 4.57 Å². The number of fused-ring (bicyclic) bond motifs is 1. The van der Waals surface area contributed by atoms with E-state index in [-0.39, 0.29) is 21.7 Å². The minimum Gasteiger partial charge on any atom is -0.494 e. The molecule has 0 N–H and O–H groups in total. The van der Waals surface area contributed by atoms with Crippen LogP contribution in [0.3, 0.4) is 0 Å². The van der Waals surface area contributed by atoms with Crippen LogP contribution in [0.4, 0.5) is 5.69 Å². The highest BCUT2D eigenvalue weighted by Crippen LogP contribution is 2.29. The van der Waals surface area contributed by atoms with Crippen molar-refractivity contribution in [3.05, 3.63) is 87.9 Å². The van der Waals surface area contributed by atoms with Gasteiger partial charge in [0.1, 0.15) is 5.75 Å². The average Bonchev–Trinajstić information content (AvgIpc) is 3.08. The zero-order valence-corrected chi connectivity index (χ0v) is 19.3. The Kier molecular flexibility index (Phi) is 6.01. The predicted octanol–water partition coefficient (Wildman–Crippen LogP) is 4.22. The lowest BCUT2D eigenvalue weighted by atomic mass is 10.2. The van der Waals surface area contributed by atoms with Gasteiger partial charge in [0.05, 0.1) is 22.7 Å². The van der Waals surface area contributed by atoms with E-state index in [1.54, 1.807) is 12.1 Å². The molecule has 3 aromatic carbocycles. The molecule has 4 rings (SSSR count). The Balaban J connectivity index is 1.86. The molecule has 0 aliphatic carbocycles. The molecule has 170 valence electrons. The van der Waals surface area contributed by atoms with E-state index in [9.17, 15) is 18.0 Å². The first-order valence-electron chi connectivity index (χ1n) is 9.90. The number of hydrogen-bond donors (Lipinski definition) is 0. The summed E-state index contributed by atoms with van der Waals surface area (Å²) in [6.45, 7) is 2.26. The molecule has 1 amide bonds. The zero-order chi connectivity index (χ0) is 23.8. The monoisotopic (exact) mass is 486 g/mol. The summed E-state index contributed by atoms with van der Waals surface area (Å²) in [5.41, 5.74) is 0.766. The zero-order valence-electron chi connectivity index (χ0n) is 17.7. The van der Waals surface area contributed by atoms with Crippen LogP contribution in [0.15, 0.2) is 80.8 Å². The molecule has 0 fully saturated rings. The van der Waals surface area contributed by atoms with Crippen LogP contribution in [0.5, 0.6) is 5.75 Å². The largest absolute Gasteiger partial charge is 0.494 e. The molecule has 0 unspecified atom stereocenters. The summed E-state index contributed by atoms with van der Waals surface area (Å²) >= 11 is 5.92. The smallest absolute Gasteiger partial charge is 0.419 e. The summed E-state index contributed by atoms with van der Waals surface area (Å²) in [5.74, 6) is -0.865. The minimum atomic E-state index is -4.39. The Labute approximate surface area is 194 Å². The molecule has 33 heavy (non-hydrogen) atoms. The summed E-state index contributed by atoms with van der Waals surface area (Å²) in [4.78, 5) is 25.0. The molecule has 0 aliphatic heterocycles. The van der Waals surface area contributed by atoms with E-state index in [0.717, 1.165) is 0 Å². The van der Waals surface area contributed by atoms with Gasteiger partial charge in [-0.3, -0.25) is 9.36 Å². The summed E-state index contributed by atoms with van der Waals surface area (Å²) in [5, 5.41) is 0.409. The molecular weight excluding hydrogens is 468 g/mol. The van der Waals surface area contributed by atoms with Crippen molar-refractivity contribution in [2.75, 3.05) is 10.9 Å². The number of hydrogen-bond acceptors (Lipinski definition) is 6. The number of anilines is 1. The lowest BCUT2D eigenvalue weighted by molar-refractivity contribution is 0.101. The number of carbonyl (C=O) groups excluding carboxylic acids is 1. The number of aromatic nitrogens is 1. The lowest BCUT2D eigenvalue weighted by Gasteiger charge is -2.23. The first-order valence-corrected chi connectivity index (χ1v) is 11.7. The molecule has 0 saturated carbocycles. The van der Waals surface area contributed by atoms with Crippen molar-refractivity contribution < 1.29 is 22.4 Å². The number of carbonyl (C=O) groups is 1. The van der Waals surface area contributed by atoms with Crippen molar-refractivity contribution in [1.29, 1.82) is 0 Å². The van der Waals surface area contributed by atoms with Crippen LogP contribution >= 0.6 is 11.6 Å². The molecule has 0 saturated heterocycles. The topological polar surface area (TPSA) is 98.8 Å². The van der Waals surface area contributed by atoms with Crippen molar-refractivity contribution in [3.8, 4) is 5.75 Å². The van der Waals surface area contributed by atoms with Gasteiger partial charge in [0.25, 0.3) is 15.9 Å².